The van der Waals surface area contributed by atoms with E-state index in [0.29, 0.717) is 51.4 Å². The molecule has 39 heavy (non-hydrogen) atoms. The Kier molecular flexibility index (Phi) is 13.0. The number of hydrogen-bond acceptors (Lipinski definition) is 6. The van der Waals surface area contributed by atoms with E-state index in [0.717, 1.165) is 6.42 Å². The highest BCUT2D eigenvalue weighted by Crippen LogP contribution is 2.24. The second kappa shape index (κ2) is 15.7. The van der Waals surface area contributed by atoms with Gasteiger partial charge in [0.2, 0.25) is 10.0 Å². The Morgan fingerprint density at radius 1 is 0.744 bits per heavy atom. The molecule has 0 aromatic carbocycles. The summed E-state index contributed by atoms with van der Waals surface area (Å²) in [7, 11) is -3.12. The molecule has 4 aliphatic rings. The molecule has 0 aromatic rings. The number of sulfonamides is 1. The van der Waals surface area contributed by atoms with Crippen LogP contribution in [-0.4, -0.2) is 78.6 Å². The van der Waals surface area contributed by atoms with Crippen LogP contribution in [0, 0.1) is 11.8 Å². The molecule has 10 heteroatoms. The number of piperidine rings is 1. The quantitative estimate of drug-likeness (QED) is 0.474. The average Bonchev–Trinajstić information content (AvgIpc) is 2.91. The molecule has 9 nitrogen and oxygen atoms in total. The van der Waals surface area contributed by atoms with Crippen LogP contribution in [0.1, 0.15) is 65.2 Å². The fourth-order valence-electron chi connectivity index (χ4n) is 4.96. The van der Waals surface area contributed by atoms with Gasteiger partial charge in [-0.15, -0.1) is 0 Å². The van der Waals surface area contributed by atoms with Crippen molar-refractivity contribution >= 4 is 33.7 Å². The van der Waals surface area contributed by atoms with Crippen molar-refractivity contribution in [3.63, 3.8) is 0 Å². The Morgan fingerprint density at radius 3 is 1.59 bits per heavy atom. The zero-order valence-corrected chi connectivity index (χ0v) is 23.0. The van der Waals surface area contributed by atoms with Crippen LogP contribution in [0.2, 0.25) is 0 Å². The van der Waals surface area contributed by atoms with Gasteiger partial charge in [-0.1, -0.05) is 51.0 Å². The summed E-state index contributed by atoms with van der Waals surface area (Å²) < 4.78 is 24.3. The third-order valence-corrected chi connectivity index (χ3v) is 8.57. The maximum absolute atomic E-state index is 12.0. The Balaban J connectivity index is 0.000000272. The Hall–Kier alpha value is -2.85. The van der Waals surface area contributed by atoms with E-state index >= 15 is 0 Å². The first kappa shape index (κ1) is 32.4. The fourth-order valence-corrected chi connectivity index (χ4v) is 5.83. The second-order valence-corrected chi connectivity index (χ2v) is 12.1. The first-order chi connectivity index (χ1) is 18.1. The van der Waals surface area contributed by atoms with Crippen LogP contribution in [0.5, 0.6) is 0 Å². The van der Waals surface area contributed by atoms with E-state index in [1.54, 1.807) is 18.2 Å². The van der Waals surface area contributed by atoms with Crippen molar-refractivity contribution in [2.24, 2.45) is 11.8 Å². The molecule has 0 atom stereocenters. The van der Waals surface area contributed by atoms with Gasteiger partial charge in [-0.05, 0) is 74.7 Å². The largest absolute Gasteiger partial charge is 0.275 e. The van der Waals surface area contributed by atoms with E-state index in [-0.39, 0.29) is 37.0 Å². The number of rotatable bonds is 5. The molecule has 1 saturated carbocycles. The third kappa shape index (κ3) is 10.3. The molecule has 2 fully saturated rings. The Bertz CT molecular complexity index is 1090. The van der Waals surface area contributed by atoms with Crippen LogP contribution >= 0.6 is 0 Å². The number of amides is 4. The summed E-state index contributed by atoms with van der Waals surface area (Å²) in [5.74, 6) is -0.206. The van der Waals surface area contributed by atoms with Crippen LogP contribution in [0.3, 0.4) is 0 Å². The molecule has 0 aromatic heterocycles. The minimum atomic E-state index is -3.12. The lowest BCUT2D eigenvalue weighted by atomic mass is 9.89. The van der Waals surface area contributed by atoms with Crippen molar-refractivity contribution in [2.45, 2.75) is 65.2 Å². The van der Waals surface area contributed by atoms with Gasteiger partial charge in [-0.3, -0.25) is 29.0 Å². The third-order valence-electron chi connectivity index (χ3n) is 7.26. The summed E-state index contributed by atoms with van der Waals surface area (Å²) in [6, 6.07) is 0. The summed E-state index contributed by atoms with van der Waals surface area (Å²) in [5, 5.41) is 0. The van der Waals surface area contributed by atoms with Crippen molar-refractivity contribution in [1.82, 2.24) is 14.1 Å². The van der Waals surface area contributed by atoms with E-state index in [1.165, 1.54) is 70.7 Å². The molecular formula is C29H43N3O6S. The number of nitrogens with zero attached hydrogens (tertiary/aromatic N) is 3. The predicted octanol–water partition coefficient (Wildman–Crippen LogP) is 3.60. The molecule has 0 bridgehead atoms. The van der Waals surface area contributed by atoms with Gasteiger partial charge >= 0.3 is 0 Å². The highest BCUT2D eigenvalue weighted by atomic mass is 32.2. The molecule has 0 unspecified atom stereocenters. The van der Waals surface area contributed by atoms with Crippen LogP contribution in [0.15, 0.2) is 48.6 Å². The molecule has 0 N–H and O–H groups in total. The molecule has 3 aliphatic heterocycles. The van der Waals surface area contributed by atoms with Crippen LogP contribution in [0.4, 0.5) is 0 Å². The minimum Gasteiger partial charge on any atom is -0.275 e. The van der Waals surface area contributed by atoms with Gasteiger partial charge in [0.25, 0.3) is 23.6 Å². The first-order valence-electron chi connectivity index (χ1n) is 13.5. The van der Waals surface area contributed by atoms with E-state index in [9.17, 15) is 27.6 Å². The SMILES string of the molecule is C.CS(=O)(=O)N1CCC(/C=C/C(=O)N2CCC=CC2=O)CC1.O=C1C=CCCN1C(=O)/C=C/C1CCCCC1. The normalized spacial score (nSPS) is 21.7. The molecule has 0 spiro atoms. The number of carbonyl (C=O) groups is 4. The molecule has 1 saturated heterocycles. The summed E-state index contributed by atoms with van der Waals surface area (Å²) in [6.45, 7) is 1.90. The Labute approximate surface area is 233 Å². The lowest BCUT2D eigenvalue weighted by Crippen LogP contribution is -2.38. The van der Waals surface area contributed by atoms with Gasteiger partial charge in [-0.2, -0.15) is 0 Å². The zero-order chi connectivity index (χ0) is 27.5. The zero-order valence-electron chi connectivity index (χ0n) is 22.2. The molecular weight excluding hydrogens is 518 g/mol. The van der Waals surface area contributed by atoms with Gasteiger partial charge in [0.1, 0.15) is 0 Å². The van der Waals surface area contributed by atoms with Crippen molar-refractivity contribution < 1.29 is 27.6 Å². The van der Waals surface area contributed by atoms with E-state index < -0.39 is 10.0 Å². The molecule has 3 heterocycles. The number of carbonyl (C=O) groups excluding carboxylic acids is 4. The standard InChI is InChI=1S/C14H20N2O4S.C14H19NO2.CH4/c1-21(19,20)15-10-7-12(8-11-15)5-6-14(18)16-9-3-2-4-13(16)17;16-13-8-4-5-11-15(13)14(17)10-9-12-6-2-1-3-7-12;/h2,4-6,12H,3,7-11H2,1H3;4,8-10,12H,1-3,5-7,11H2;1H4/b6-5+;10-9+;. The lowest BCUT2D eigenvalue weighted by molar-refractivity contribution is -0.140. The van der Waals surface area contributed by atoms with E-state index in [4.69, 9.17) is 0 Å². The topological polar surface area (TPSA) is 112 Å². The van der Waals surface area contributed by atoms with Crippen molar-refractivity contribution in [1.29, 1.82) is 0 Å². The lowest BCUT2D eigenvalue weighted by Gasteiger charge is -2.28. The molecule has 0 radical (unpaired) electrons. The highest BCUT2D eigenvalue weighted by Gasteiger charge is 2.25. The van der Waals surface area contributed by atoms with Crippen molar-refractivity contribution in [2.75, 3.05) is 32.4 Å². The molecule has 216 valence electrons. The first-order valence-corrected chi connectivity index (χ1v) is 15.4. The number of imide groups is 2. The minimum absolute atomic E-state index is 0. The molecule has 4 amide bonds. The highest BCUT2D eigenvalue weighted by molar-refractivity contribution is 7.88. The van der Waals surface area contributed by atoms with Crippen LogP contribution in [0.25, 0.3) is 0 Å². The maximum atomic E-state index is 12.0. The summed E-state index contributed by atoms with van der Waals surface area (Å²) in [4.78, 5) is 49.4. The maximum Gasteiger partial charge on any atom is 0.253 e. The van der Waals surface area contributed by atoms with Crippen molar-refractivity contribution in [3.05, 3.63) is 48.6 Å². The summed E-state index contributed by atoms with van der Waals surface area (Å²) in [5.41, 5.74) is 0. The second-order valence-electron chi connectivity index (χ2n) is 10.2. The van der Waals surface area contributed by atoms with Gasteiger partial charge < -0.3 is 0 Å². The number of allylic oxidation sites excluding steroid dienone is 2. The van der Waals surface area contributed by atoms with Crippen molar-refractivity contribution in [3.8, 4) is 0 Å². The van der Waals surface area contributed by atoms with Crippen LogP contribution < -0.4 is 0 Å². The molecule has 1 aliphatic carbocycles. The summed E-state index contributed by atoms with van der Waals surface area (Å²) >= 11 is 0. The van der Waals surface area contributed by atoms with Gasteiger partial charge in [0.05, 0.1) is 6.26 Å². The van der Waals surface area contributed by atoms with E-state index in [2.05, 4.69) is 0 Å². The number of hydrogen-bond donors (Lipinski definition) is 0. The van der Waals surface area contributed by atoms with E-state index in [1.807, 2.05) is 12.2 Å². The fraction of sp³-hybridized carbons (Fsp3) is 0.586. The predicted molar refractivity (Wildman–Crippen MR) is 152 cm³/mol. The monoisotopic (exact) mass is 561 g/mol. The van der Waals surface area contributed by atoms with Gasteiger partial charge in [0, 0.05) is 26.2 Å². The van der Waals surface area contributed by atoms with Gasteiger partial charge in [-0.25, -0.2) is 12.7 Å². The van der Waals surface area contributed by atoms with Crippen LogP contribution in [-0.2, 0) is 29.2 Å². The smallest absolute Gasteiger partial charge is 0.253 e. The Morgan fingerprint density at radius 2 is 1.18 bits per heavy atom. The molecule has 4 rings (SSSR count). The van der Waals surface area contributed by atoms with Gasteiger partial charge in [0.15, 0.2) is 0 Å². The average molecular weight is 562 g/mol. The summed E-state index contributed by atoms with van der Waals surface area (Å²) in [6.07, 6.45) is 23.6.